The molecule has 164 valence electrons. The second kappa shape index (κ2) is 11.5. The molecule has 0 aliphatic rings. The summed E-state index contributed by atoms with van der Waals surface area (Å²) in [6, 6.07) is 12.6. The van der Waals surface area contributed by atoms with Crippen LogP contribution in [0.2, 0.25) is 0 Å². The van der Waals surface area contributed by atoms with Gasteiger partial charge >= 0.3 is 5.97 Å². The number of hydrazone groups is 1. The lowest BCUT2D eigenvalue weighted by atomic mass is 10.0. The zero-order chi connectivity index (χ0) is 22.8. The molecule has 8 heteroatoms. The lowest BCUT2D eigenvalue weighted by Crippen LogP contribution is -2.47. The highest BCUT2D eigenvalue weighted by Crippen LogP contribution is 2.15. The number of aryl methyl sites for hydroxylation is 1. The Hall–Kier alpha value is -3.68. The fourth-order valence-corrected chi connectivity index (χ4v) is 2.76. The molecule has 0 bridgehead atoms. The van der Waals surface area contributed by atoms with Crippen LogP contribution in [-0.4, -0.2) is 41.8 Å². The third kappa shape index (κ3) is 7.93. The van der Waals surface area contributed by atoms with E-state index in [0.717, 1.165) is 5.56 Å². The van der Waals surface area contributed by atoms with Gasteiger partial charge in [0.25, 0.3) is 11.8 Å². The smallest absolute Gasteiger partial charge is 0.335 e. The first-order valence-corrected chi connectivity index (χ1v) is 9.90. The van der Waals surface area contributed by atoms with Crippen molar-refractivity contribution in [2.24, 2.45) is 11.0 Å². The Labute approximate surface area is 181 Å². The zero-order valence-electron chi connectivity index (χ0n) is 17.8. The number of rotatable bonds is 10. The average Bonchev–Trinajstić information content (AvgIpc) is 2.72. The predicted molar refractivity (Wildman–Crippen MR) is 117 cm³/mol. The van der Waals surface area contributed by atoms with Crippen molar-refractivity contribution >= 4 is 24.0 Å². The number of aromatic carboxylic acids is 1. The van der Waals surface area contributed by atoms with Gasteiger partial charge in [-0.3, -0.25) is 9.59 Å². The summed E-state index contributed by atoms with van der Waals surface area (Å²) in [4.78, 5) is 35.7. The van der Waals surface area contributed by atoms with Gasteiger partial charge in [0.2, 0.25) is 0 Å². The molecule has 2 rings (SSSR count). The molecule has 0 saturated carbocycles. The van der Waals surface area contributed by atoms with E-state index in [1.165, 1.54) is 18.3 Å². The van der Waals surface area contributed by atoms with Gasteiger partial charge in [-0.15, -0.1) is 0 Å². The number of carboxylic acids is 1. The number of benzene rings is 2. The van der Waals surface area contributed by atoms with Crippen LogP contribution < -0.4 is 15.5 Å². The summed E-state index contributed by atoms with van der Waals surface area (Å²) in [5.74, 6) is -1.09. The molecule has 8 nitrogen and oxygen atoms in total. The Morgan fingerprint density at radius 2 is 1.77 bits per heavy atom. The third-order valence-corrected chi connectivity index (χ3v) is 4.36. The number of para-hydroxylation sites is 1. The summed E-state index contributed by atoms with van der Waals surface area (Å²) in [6.07, 6.45) is 1.84. The maximum absolute atomic E-state index is 12.5. The second-order valence-corrected chi connectivity index (χ2v) is 7.47. The topological polar surface area (TPSA) is 117 Å². The van der Waals surface area contributed by atoms with Crippen LogP contribution in [-0.2, 0) is 9.59 Å². The lowest BCUT2D eigenvalue weighted by molar-refractivity contribution is -0.130. The maximum Gasteiger partial charge on any atom is 0.335 e. The van der Waals surface area contributed by atoms with Gasteiger partial charge in [-0.1, -0.05) is 44.2 Å². The minimum Gasteiger partial charge on any atom is -0.484 e. The van der Waals surface area contributed by atoms with Crippen LogP contribution in [0.25, 0.3) is 0 Å². The molecule has 0 aromatic heterocycles. The largest absolute Gasteiger partial charge is 0.484 e. The van der Waals surface area contributed by atoms with E-state index in [2.05, 4.69) is 15.8 Å². The quantitative estimate of drug-likeness (QED) is 0.400. The summed E-state index contributed by atoms with van der Waals surface area (Å²) in [7, 11) is 0. The van der Waals surface area contributed by atoms with E-state index in [1.807, 2.05) is 39.0 Å². The fraction of sp³-hybridized carbons (Fsp3) is 0.304. The summed E-state index contributed by atoms with van der Waals surface area (Å²) in [5, 5.41) is 15.5. The third-order valence-electron chi connectivity index (χ3n) is 4.36. The first-order chi connectivity index (χ1) is 14.8. The first-order valence-electron chi connectivity index (χ1n) is 9.90. The Morgan fingerprint density at radius 3 is 2.39 bits per heavy atom. The number of amides is 2. The van der Waals surface area contributed by atoms with Crippen molar-refractivity contribution in [1.82, 2.24) is 10.7 Å². The zero-order valence-corrected chi connectivity index (χ0v) is 17.8. The molecule has 3 N–H and O–H groups in total. The first kappa shape index (κ1) is 23.6. The molecule has 0 aliphatic heterocycles. The lowest BCUT2D eigenvalue weighted by Gasteiger charge is -2.19. The highest BCUT2D eigenvalue weighted by Gasteiger charge is 2.22. The van der Waals surface area contributed by atoms with Crippen LogP contribution >= 0.6 is 0 Å². The summed E-state index contributed by atoms with van der Waals surface area (Å²) in [5.41, 5.74) is 4.12. The molecule has 2 aromatic carbocycles. The Balaban J connectivity index is 1.92. The summed E-state index contributed by atoms with van der Waals surface area (Å²) >= 11 is 0. The van der Waals surface area contributed by atoms with Crippen LogP contribution in [0.4, 0.5) is 0 Å². The van der Waals surface area contributed by atoms with Gasteiger partial charge in [-0.05, 0) is 48.6 Å². The van der Waals surface area contributed by atoms with Crippen molar-refractivity contribution in [2.45, 2.75) is 33.2 Å². The standard InChI is InChI=1S/C23H27N3O5/c1-15(2)12-19(25-21(27)14-31-20-7-5-4-6-16(20)3)22(28)26-24-13-17-8-10-18(11-9-17)23(29)30/h4-11,13,15,19H,12,14H2,1-3H3,(H,25,27)(H,26,28)(H,29,30)/b24-13-/t19-/m1/s1. The van der Waals surface area contributed by atoms with Crippen molar-refractivity contribution in [1.29, 1.82) is 0 Å². The highest BCUT2D eigenvalue weighted by molar-refractivity contribution is 5.90. The van der Waals surface area contributed by atoms with Gasteiger partial charge in [0.1, 0.15) is 11.8 Å². The van der Waals surface area contributed by atoms with Crippen molar-refractivity contribution in [3.8, 4) is 5.75 Å². The molecule has 2 aromatic rings. The molecule has 31 heavy (non-hydrogen) atoms. The predicted octanol–water partition coefficient (Wildman–Crippen LogP) is 2.75. The number of hydrogen-bond acceptors (Lipinski definition) is 5. The van der Waals surface area contributed by atoms with Crippen LogP contribution in [0.5, 0.6) is 5.75 Å². The Kier molecular flexibility index (Phi) is 8.75. The van der Waals surface area contributed by atoms with E-state index in [-0.39, 0.29) is 18.1 Å². The van der Waals surface area contributed by atoms with Crippen molar-refractivity contribution in [2.75, 3.05) is 6.61 Å². The minimum atomic E-state index is -1.02. The number of nitrogens with zero attached hydrogens (tertiary/aromatic N) is 1. The van der Waals surface area contributed by atoms with E-state index in [0.29, 0.717) is 17.7 Å². The van der Waals surface area contributed by atoms with Crippen molar-refractivity contribution in [3.05, 3.63) is 65.2 Å². The number of nitrogens with one attached hydrogen (secondary N) is 2. The number of ether oxygens (including phenoxy) is 1. The molecule has 0 fully saturated rings. The van der Waals surface area contributed by atoms with Gasteiger partial charge in [0.05, 0.1) is 11.8 Å². The summed E-state index contributed by atoms with van der Waals surface area (Å²) < 4.78 is 5.53. The van der Waals surface area contributed by atoms with Gasteiger partial charge in [-0.2, -0.15) is 5.10 Å². The molecule has 0 aliphatic carbocycles. The fourth-order valence-electron chi connectivity index (χ4n) is 2.76. The second-order valence-electron chi connectivity index (χ2n) is 7.47. The number of carbonyl (C=O) groups excluding carboxylic acids is 2. The normalized spacial score (nSPS) is 11.9. The molecular weight excluding hydrogens is 398 g/mol. The van der Waals surface area contributed by atoms with Crippen LogP contribution in [0.3, 0.4) is 0 Å². The van der Waals surface area contributed by atoms with Crippen LogP contribution in [0.1, 0.15) is 41.8 Å². The molecule has 0 heterocycles. The van der Waals surface area contributed by atoms with Crippen molar-refractivity contribution in [3.63, 3.8) is 0 Å². The van der Waals surface area contributed by atoms with E-state index in [1.54, 1.807) is 18.2 Å². The van der Waals surface area contributed by atoms with E-state index in [9.17, 15) is 14.4 Å². The van der Waals surface area contributed by atoms with Crippen LogP contribution in [0, 0.1) is 12.8 Å². The molecule has 0 unspecified atom stereocenters. The van der Waals surface area contributed by atoms with Gasteiger partial charge in [-0.25, -0.2) is 10.2 Å². The van der Waals surface area contributed by atoms with Crippen LogP contribution in [0.15, 0.2) is 53.6 Å². The highest BCUT2D eigenvalue weighted by atomic mass is 16.5. The maximum atomic E-state index is 12.5. The Bertz CT molecular complexity index is 938. The number of carbonyl (C=O) groups is 3. The molecule has 0 radical (unpaired) electrons. The average molecular weight is 425 g/mol. The van der Waals surface area contributed by atoms with E-state index in [4.69, 9.17) is 9.84 Å². The van der Waals surface area contributed by atoms with Gasteiger partial charge in [0, 0.05) is 0 Å². The van der Waals surface area contributed by atoms with E-state index < -0.39 is 23.8 Å². The molecular formula is C23H27N3O5. The van der Waals surface area contributed by atoms with Crippen molar-refractivity contribution < 1.29 is 24.2 Å². The molecule has 0 spiro atoms. The Morgan fingerprint density at radius 1 is 1.10 bits per heavy atom. The van der Waals surface area contributed by atoms with Gasteiger partial charge in [0.15, 0.2) is 6.61 Å². The SMILES string of the molecule is Cc1ccccc1OCC(=O)N[C@H](CC(C)C)C(=O)N/N=C\c1ccc(C(=O)O)cc1. The molecule has 0 saturated heterocycles. The molecule has 1 atom stereocenters. The van der Waals surface area contributed by atoms with Gasteiger partial charge < -0.3 is 15.2 Å². The number of carboxylic acid groups (broad SMARTS) is 1. The molecule has 2 amide bonds. The minimum absolute atomic E-state index is 0.161. The van der Waals surface area contributed by atoms with E-state index >= 15 is 0 Å². The number of hydrogen-bond donors (Lipinski definition) is 3. The monoisotopic (exact) mass is 425 g/mol. The summed E-state index contributed by atoms with van der Waals surface area (Å²) in [6.45, 7) is 5.58.